The van der Waals surface area contributed by atoms with E-state index in [-0.39, 0.29) is 25.2 Å². The van der Waals surface area contributed by atoms with Crippen molar-refractivity contribution in [1.29, 1.82) is 0 Å². The van der Waals surface area contributed by atoms with Crippen molar-refractivity contribution < 1.29 is 82.8 Å². The molecule has 10 amide bonds. The van der Waals surface area contributed by atoms with E-state index >= 15 is 0 Å². The Morgan fingerprint density at radius 3 is 1.42 bits per heavy atom. The van der Waals surface area contributed by atoms with Gasteiger partial charge in [-0.05, 0) is 54.4 Å². The zero-order valence-corrected chi connectivity index (χ0v) is 49.9. The van der Waals surface area contributed by atoms with Crippen LogP contribution < -0.4 is 59.3 Å². The molecule has 88 heavy (non-hydrogen) atoms. The summed E-state index contributed by atoms with van der Waals surface area (Å²) in [5, 5.41) is 63.3. The summed E-state index contributed by atoms with van der Waals surface area (Å²) in [6.45, 7) is 10.0. The van der Waals surface area contributed by atoms with Crippen molar-refractivity contribution >= 4 is 98.8 Å². The van der Waals surface area contributed by atoms with E-state index in [0.29, 0.717) is 39.4 Å². The Balaban J connectivity index is 1.51. The van der Waals surface area contributed by atoms with E-state index in [1.807, 2.05) is 0 Å². The van der Waals surface area contributed by atoms with Crippen molar-refractivity contribution in [3.8, 4) is 0 Å². The molecule has 0 bridgehead atoms. The third-order valence-corrected chi connectivity index (χ3v) is 14.9. The van der Waals surface area contributed by atoms with E-state index in [4.69, 9.17) is 11.5 Å². The van der Waals surface area contributed by atoms with Crippen LogP contribution in [0, 0.1) is 17.8 Å². The number of rotatable bonds is 36. The quantitative estimate of drug-likeness (QED) is 0.0238. The predicted octanol–water partition coefficient (Wildman–Crippen LogP) is -1.82. The summed E-state index contributed by atoms with van der Waals surface area (Å²) in [5.41, 5.74) is 13.8. The summed E-state index contributed by atoms with van der Waals surface area (Å²) >= 11 is 0. The molecule has 2 aromatic heterocycles. The fourth-order valence-corrected chi connectivity index (χ4v) is 9.27. The van der Waals surface area contributed by atoms with E-state index in [1.54, 1.807) is 88.6 Å². The summed E-state index contributed by atoms with van der Waals surface area (Å²) in [6, 6.07) is -0.473. The molecule has 0 aliphatic carbocycles. The van der Waals surface area contributed by atoms with Crippen molar-refractivity contribution in [2.45, 2.75) is 160 Å². The number of aliphatic hydroxyl groups is 1. The third kappa shape index (κ3) is 20.9. The maximum Gasteiger partial charge on any atom is 0.326 e. The van der Waals surface area contributed by atoms with Crippen LogP contribution >= 0.6 is 0 Å². The minimum absolute atomic E-state index is 0.195. The molecule has 0 unspecified atom stereocenters. The zero-order valence-electron chi connectivity index (χ0n) is 49.9. The number of H-pyrrole nitrogens is 2. The average Bonchev–Trinajstić information content (AvgIpc) is 2.13. The van der Waals surface area contributed by atoms with Crippen LogP contribution in [0.15, 0.2) is 60.9 Å². The number of aliphatic carboxylic acids is 3. The van der Waals surface area contributed by atoms with Crippen LogP contribution in [0.4, 0.5) is 0 Å². The molecular formula is C58H81N13O17. The second-order valence-electron chi connectivity index (χ2n) is 22.0. The number of aliphatic hydroxyl groups excluding tert-OH is 1. The lowest BCUT2D eigenvalue weighted by Crippen LogP contribution is -2.62. The number of hydrogen-bond acceptors (Lipinski definition) is 15. The first-order valence-corrected chi connectivity index (χ1v) is 28.6. The van der Waals surface area contributed by atoms with E-state index in [2.05, 4.69) is 57.8 Å². The number of nitrogens with two attached hydrogens (primary N) is 2. The van der Waals surface area contributed by atoms with Gasteiger partial charge in [0.25, 0.3) is 0 Å². The molecule has 12 atom stereocenters. The molecule has 0 aliphatic rings. The number of carboxylic acid groups (broad SMARTS) is 3. The molecule has 0 radical (unpaired) electrons. The highest BCUT2D eigenvalue weighted by molar-refractivity contribution is 6.00. The SMILES string of the molecule is CC[C@H](C)[C@H](N)C(=O)N[C@@H](CC(=O)O)C(=O)N[C@H](C(=O)NCC(=O)N[C@H](C(=O)N[C@@H](CCC(N)=O)C(=O)N[C@H](C(=O)N[C@@H](CC(=O)O)C(=O)N[C@@H](Cc1c[nH]c2ccccc12)C(=O)N[C@@H](Cc1c[nH]c2ccccc12)C(=O)O)[C@@H](C)O)[C@@H](C)CC)C(C)C. The molecule has 30 heteroatoms. The fraction of sp³-hybridized carbons (Fsp3) is 0.500. The first-order chi connectivity index (χ1) is 41.5. The first kappa shape index (κ1) is 71.0. The van der Waals surface area contributed by atoms with Crippen molar-refractivity contribution in [2.24, 2.45) is 29.2 Å². The number of benzene rings is 2. The van der Waals surface area contributed by atoms with Crippen LogP contribution in [-0.4, -0.2) is 174 Å². The van der Waals surface area contributed by atoms with Crippen LogP contribution in [0.2, 0.25) is 0 Å². The Labute approximate surface area is 506 Å². The normalized spacial score (nSPS) is 15.4. The Bertz CT molecular complexity index is 3180. The molecule has 0 saturated carbocycles. The Hall–Kier alpha value is -9.45. The molecule has 4 aromatic rings. The van der Waals surface area contributed by atoms with Crippen molar-refractivity contribution in [1.82, 2.24) is 57.8 Å². The summed E-state index contributed by atoms with van der Waals surface area (Å²) in [5.74, 6) is -16.6. The maximum atomic E-state index is 14.2. The van der Waals surface area contributed by atoms with Gasteiger partial charge < -0.3 is 89.7 Å². The molecule has 0 saturated heterocycles. The predicted molar refractivity (Wildman–Crippen MR) is 316 cm³/mol. The molecule has 0 fully saturated rings. The monoisotopic (exact) mass is 1230 g/mol. The number of nitrogens with one attached hydrogen (secondary N) is 11. The smallest absolute Gasteiger partial charge is 0.326 e. The van der Waals surface area contributed by atoms with Gasteiger partial charge in [-0.3, -0.25) is 57.5 Å². The highest BCUT2D eigenvalue weighted by Crippen LogP contribution is 2.22. The van der Waals surface area contributed by atoms with E-state index < -0.39 is 182 Å². The fourth-order valence-electron chi connectivity index (χ4n) is 9.27. The van der Waals surface area contributed by atoms with Gasteiger partial charge in [0.05, 0.1) is 31.5 Å². The minimum atomic E-state index is -2.03. The molecule has 4 rings (SSSR count). The highest BCUT2D eigenvalue weighted by Gasteiger charge is 2.38. The van der Waals surface area contributed by atoms with E-state index in [1.165, 1.54) is 13.8 Å². The zero-order chi connectivity index (χ0) is 65.7. The molecule has 19 N–H and O–H groups in total. The molecule has 2 heterocycles. The minimum Gasteiger partial charge on any atom is -0.481 e. The lowest BCUT2D eigenvalue weighted by atomic mass is 9.97. The van der Waals surface area contributed by atoms with Crippen molar-refractivity contribution in [2.75, 3.05) is 6.54 Å². The van der Waals surface area contributed by atoms with Gasteiger partial charge in [0.2, 0.25) is 59.1 Å². The Morgan fingerprint density at radius 1 is 0.500 bits per heavy atom. The molecule has 480 valence electrons. The van der Waals surface area contributed by atoms with Crippen LogP contribution in [0.25, 0.3) is 21.8 Å². The summed E-state index contributed by atoms with van der Waals surface area (Å²) in [6.07, 6.45) is -1.43. The number of aromatic nitrogens is 2. The second kappa shape index (κ2) is 33.5. The number of carboxylic acids is 3. The number of fused-ring (bicyclic) bond motifs is 2. The molecule has 2 aromatic carbocycles. The summed E-state index contributed by atoms with van der Waals surface area (Å²) < 4.78 is 0. The number of carbonyl (C=O) groups excluding carboxylic acids is 10. The van der Waals surface area contributed by atoms with Gasteiger partial charge in [-0.1, -0.05) is 90.8 Å². The highest BCUT2D eigenvalue weighted by atomic mass is 16.4. The van der Waals surface area contributed by atoms with Crippen LogP contribution in [0.5, 0.6) is 0 Å². The second-order valence-corrected chi connectivity index (χ2v) is 22.0. The standard InChI is InChI=1S/C58H81N13O17/c1-8-28(5)46(60)54(83)66-40(23-45(77)78)53(82)70-47(27(3)4)55(84)63-26-43(74)69-48(29(6)9-2)56(85)64-37(18-19-42(59)73)50(79)71-49(30(7)72)57(86)67-39(22-44(75)76)52(81)65-38(20-31-24-61-35-16-12-10-14-33(31)35)51(80)68-41(58(87)88)21-32-25-62-36-17-13-11-15-34(32)36/h10-17,24-25,27-30,37-41,46-49,61-62,72H,8-9,18-23,26,60H2,1-7H3,(H2,59,73)(H,63,84)(H,64,85)(H,65,81)(H,66,83)(H,67,86)(H,68,80)(H,69,74)(H,70,82)(H,71,79)(H,75,76)(H,77,78)(H,87,88)/t28-,29-,30+,37-,38-,39-,40-,41-,46-,47-,48-,49-/m0/s1. The lowest BCUT2D eigenvalue weighted by molar-refractivity contribution is -0.143. The van der Waals surface area contributed by atoms with Gasteiger partial charge >= 0.3 is 17.9 Å². The number of para-hydroxylation sites is 2. The molecule has 0 spiro atoms. The molecule has 30 nitrogen and oxygen atoms in total. The molecular weight excluding hydrogens is 1150 g/mol. The average molecular weight is 1230 g/mol. The summed E-state index contributed by atoms with van der Waals surface area (Å²) in [7, 11) is 0. The van der Waals surface area contributed by atoms with Crippen LogP contribution in [0.3, 0.4) is 0 Å². The summed E-state index contributed by atoms with van der Waals surface area (Å²) in [4.78, 5) is 178. The van der Waals surface area contributed by atoms with Crippen molar-refractivity contribution in [3.05, 3.63) is 72.1 Å². The number of hydrogen-bond donors (Lipinski definition) is 17. The van der Waals surface area contributed by atoms with Gasteiger partial charge in [0.1, 0.15) is 48.3 Å². The van der Waals surface area contributed by atoms with Gasteiger partial charge in [-0.15, -0.1) is 0 Å². The van der Waals surface area contributed by atoms with Crippen LogP contribution in [-0.2, 0) is 75.2 Å². The maximum absolute atomic E-state index is 14.2. The molecule has 0 aliphatic heterocycles. The lowest BCUT2D eigenvalue weighted by Gasteiger charge is -2.29. The number of amides is 10. The van der Waals surface area contributed by atoms with Gasteiger partial charge in [-0.25, -0.2) is 4.79 Å². The van der Waals surface area contributed by atoms with Crippen LogP contribution in [0.1, 0.15) is 98.1 Å². The van der Waals surface area contributed by atoms with Gasteiger partial charge in [0.15, 0.2) is 0 Å². The largest absolute Gasteiger partial charge is 0.481 e. The number of aromatic amines is 2. The third-order valence-electron chi connectivity index (χ3n) is 14.9. The van der Waals surface area contributed by atoms with Crippen molar-refractivity contribution in [3.63, 3.8) is 0 Å². The van der Waals surface area contributed by atoms with E-state index in [0.717, 1.165) is 6.92 Å². The number of carbonyl (C=O) groups is 13. The van der Waals surface area contributed by atoms with E-state index in [9.17, 15) is 82.8 Å². The Morgan fingerprint density at radius 2 is 0.932 bits per heavy atom. The Kier molecular flexibility index (Phi) is 27.0. The number of primary amides is 1. The first-order valence-electron chi connectivity index (χ1n) is 28.6. The topological polar surface area (TPSA) is 495 Å². The van der Waals surface area contributed by atoms with Gasteiger partial charge in [-0.2, -0.15) is 0 Å². The van der Waals surface area contributed by atoms with Gasteiger partial charge in [0, 0.05) is 53.5 Å².